The normalized spacial score (nSPS) is 16.2. The minimum Gasteiger partial charge on any atom is -0.379 e. The molecule has 106 valence electrons. The Morgan fingerprint density at radius 1 is 1.20 bits per heavy atom. The van der Waals surface area contributed by atoms with Crippen LogP contribution in [0, 0.1) is 0 Å². The molecule has 1 N–H and O–H groups in total. The van der Waals surface area contributed by atoms with Crippen LogP contribution in [0.4, 0.5) is 5.69 Å². The molecule has 1 aromatic heterocycles. The highest BCUT2D eigenvalue weighted by Crippen LogP contribution is 2.13. The highest BCUT2D eigenvalue weighted by atomic mass is 32.1. The number of benzene rings is 1. The minimum atomic E-state index is 0.784. The van der Waals surface area contributed by atoms with Crippen molar-refractivity contribution < 1.29 is 4.74 Å². The molecule has 0 aliphatic carbocycles. The molecule has 2 aromatic rings. The summed E-state index contributed by atoms with van der Waals surface area (Å²) in [5, 5.41) is 5.46. The van der Waals surface area contributed by atoms with Crippen LogP contribution in [0.3, 0.4) is 0 Å². The van der Waals surface area contributed by atoms with Crippen LogP contribution in [0.15, 0.2) is 35.2 Å². The number of thiazole rings is 1. The van der Waals surface area contributed by atoms with Gasteiger partial charge in [-0.3, -0.25) is 4.90 Å². The van der Waals surface area contributed by atoms with Gasteiger partial charge in [-0.25, -0.2) is 4.98 Å². The van der Waals surface area contributed by atoms with E-state index in [4.69, 9.17) is 4.74 Å². The number of hydrogen-bond donors (Lipinski definition) is 1. The van der Waals surface area contributed by atoms with Gasteiger partial charge in [0.2, 0.25) is 0 Å². The van der Waals surface area contributed by atoms with Crippen molar-refractivity contribution in [3.63, 3.8) is 0 Å². The lowest BCUT2D eigenvalue weighted by Gasteiger charge is -2.26. The van der Waals surface area contributed by atoms with E-state index in [1.165, 1.54) is 5.56 Å². The topological polar surface area (TPSA) is 37.4 Å². The molecule has 0 spiro atoms. The average Bonchev–Trinajstić information content (AvgIpc) is 3.01. The first kappa shape index (κ1) is 13.5. The molecule has 1 saturated heterocycles. The molecule has 3 rings (SSSR count). The van der Waals surface area contributed by atoms with E-state index in [0.717, 1.165) is 50.8 Å². The first-order valence-corrected chi connectivity index (χ1v) is 7.84. The number of ether oxygens (including phenoxy) is 1. The molecule has 1 aromatic carbocycles. The van der Waals surface area contributed by atoms with E-state index in [2.05, 4.69) is 44.8 Å². The molecule has 0 amide bonds. The second kappa shape index (κ2) is 6.83. The second-order valence-corrected chi connectivity index (χ2v) is 5.64. The lowest BCUT2D eigenvalue weighted by Crippen LogP contribution is -2.35. The predicted molar refractivity (Wildman–Crippen MR) is 82.0 cm³/mol. The van der Waals surface area contributed by atoms with E-state index < -0.39 is 0 Å². The van der Waals surface area contributed by atoms with Crippen LogP contribution in [0.1, 0.15) is 11.3 Å². The fourth-order valence-corrected chi connectivity index (χ4v) is 2.82. The maximum atomic E-state index is 5.37. The summed E-state index contributed by atoms with van der Waals surface area (Å²) in [4.78, 5) is 6.70. The van der Waals surface area contributed by atoms with Gasteiger partial charge in [0.05, 0.1) is 31.0 Å². The Bertz CT molecular complexity index is 506. The largest absolute Gasteiger partial charge is 0.379 e. The van der Waals surface area contributed by atoms with Gasteiger partial charge in [-0.2, -0.15) is 0 Å². The van der Waals surface area contributed by atoms with Crippen molar-refractivity contribution >= 4 is 17.0 Å². The van der Waals surface area contributed by atoms with Crippen molar-refractivity contribution in [2.75, 3.05) is 31.6 Å². The van der Waals surface area contributed by atoms with Crippen molar-refractivity contribution in [1.82, 2.24) is 9.88 Å². The molecule has 0 radical (unpaired) electrons. The van der Waals surface area contributed by atoms with Gasteiger partial charge in [0, 0.05) is 30.7 Å². The molecule has 0 atom stereocenters. The Morgan fingerprint density at radius 3 is 2.70 bits per heavy atom. The summed E-state index contributed by atoms with van der Waals surface area (Å²) in [6.07, 6.45) is 0. The molecule has 1 aliphatic heterocycles. The fourth-order valence-electron chi connectivity index (χ4n) is 2.26. The summed E-state index contributed by atoms with van der Waals surface area (Å²) in [5.41, 5.74) is 5.45. The molecular formula is C15H19N3OS. The Balaban J connectivity index is 1.51. The number of anilines is 1. The van der Waals surface area contributed by atoms with Crippen LogP contribution >= 0.6 is 11.3 Å². The Kier molecular flexibility index (Phi) is 4.63. The average molecular weight is 289 g/mol. The van der Waals surface area contributed by atoms with Crippen molar-refractivity contribution in [2.24, 2.45) is 0 Å². The van der Waals surface area contributed by atoms with E-state index in [9.17, 15) is 0 Å². The predicted octanol–water partition coefficient (Wildman–Crippen LogP) is 2.59. The number of nitrogens with one attached hydrogen (secondary N) is 1. The van der Waals surface area contributed by atoms with E-state index in [1.54, 1.807) is 11.3 Å². The standard InChI is InChI=1S/C15H19N3OS/c1-3-14(16-9-15-11-20-12-17-15)4-2-13(1)10-18-5-7-19-8-6-18/h1-4,11-12,16H,5-10H2. The SMILES string of the molecule is c1nc(CNc2ccc(CN3CCOCC3)cc2)cs1. The molecule has 0 unspecified atom stereocenters. The summed E-state index contributed by atoms with van der Waals surface area (Å²) < 4.78 is 5.37. The van der Waals surface area contributed by atoms with Gasteiger partial charge < -0.3 is 10.1 Å². The molecular weight excluding hydrogens is 270 g/mol. The van der Waals surface area contributed by atoms with E-state index in [0.29, 0.717) is 0 Å². The molecule has 0 bridgehead atoms. The van der Waals surface area contributed by atoms with Crippen molar-refractivity contribution in [3.8, 4) is 0 Å². The van der Waals surface area contributed by atoms with Crippen LogP contribution in [0.5, 0.6) is 0 Å². The third-order valence-electron chi connectivity index (χ3n) is 3.42. The zero-order chi connectivity index (χ0) is 13.6. The monoisotopic (exact) mass is 289 g/mol. The van der Waals surface area contributed by atoms with Crippen LogP contribution in [-0.4, -0.2) is 36.2 Å². The third-order valence-corrected chi connectivity index (χ3v) is 4.06. The minimum absolute atomic E-state index is 0.784. The number of aromatic nitrogens is 1. The molecule has 1 fully saturated rings. The Labute approximate surface area is 123 Å². The summed E-state index contributed by atoms with van der Waals surface area (Å²) in [6, 6.07) is 8.67. The van der Waals surface area contributed by atoms with E-state index in [1.807, 2.05) is 5.51 Å². The molecule has 0 saturated carbocycles. The summed E-state index contributed by atoms with van der Waals surface area (Å²) in [7, 11) is 0. The molecule has 20 heavy (non-hydrogen) atoms. The van der Waals surface area contributed by atoms with Gasteiger partial charge in [0.25, 0.3) is 0 Å². The lowest BCUT2D eigenvalue weighted by atomic mass is 10.2. The van der Waals surface area contributed by atoms with Gasteiger partial charge in [-0.15, -0.1) is 11.3 Å². The second-order valence-electron chi connectivity index (χ2n) is 4.92. The zero-order valence-electron chi connectivity index (χ0n) is 11.4. The fraction of sp³-hybridized carbons (Fsp3) is 0.400. The molecule has 2 heterocycles. The maximum absolute atomic E-state index is 5.37. The van der Waals surface area contributed by atoms with Crippen LogP contribution in [0.2, 0.25) is 0 Å². The first-order chi connectivity index (χ1) is 9.90. The first-order valence-electron chi connectivity index (χ1n) is 6.90. The number of morpholine rings is 1. The molecule has 5 heteroatoms. The van der Waals surface area contributed by atoms with Gasteiger partial charge >= 0.3 is 0 Å². The zero-order valence-corrected chi connectivity index (χ0v) is 12.2. The number of nitrogens with zero attached hydrogens (tertiary/aromatic N) is 2. The summed E-state index contributed by atoms with van der Waals surface area (Å²) in [5.74, 6) is 0. The van der Waals surface area contributed by atoms with Crippen molar-refractivity contribution in [1.29, 1.82) is 0 Å². The highest BCUT2D eigenvalue weighted by Gasteiger charge is 2.10. The highest BCUT2D eigenvalue weighted by molar-refractivity contribution is 7.07. The van der Waals surface area contributed by atoms with Gasteiger partial charge in [-0.1, -0.05) is 12.1 Å². The maximum Gasteiger partial charge on any atom is 0.0795 e. The van der Waals surface area contributed by atoms with E-state index in [-0.39, 0.29) is 0 Å². The summed E-state index contributed by atoms with van der Waals surface area (Å²) in [6.45, 7) is 5.57. The lowest BCUT2D eigenvalue weighted by molar-refractivity contribution is 0.0342. The smallest absolute Gasteiger partial charge is 0.0795 e. The van der Waals surface area contributed by atoms with Crippen LogP contribution in [0.25, 0.3) is 0 Å². The van der Waals surface area contributed by atoms with Crippen LogP contribution < -0.4 is 5.32 Å². The number of hydrogen-bond acceptors (Lipinski definition) is 5. The Morgan fingerprint density at radius 2 is 2.00 bits per heavy atom. The van der Waals surface area contributed by atoms with E-state index >= 15 is 0 Å². The quantitative estimate of drug-likeness (QED) is 0.918. The number of rotatable bonds is 5. The van der Waals surface area contributed by atoms with Crippen molar-refractivity contribution in [2.45, 2.75) is 13.1 Å². The van der Waals surface area contributed by atoms with Gasteiger partial charge in [-0.05, 0) is 17.7 Å². The van der Waals surface area contributed by atoms with Gasteiger partial charge in [0.1, 0.15) is 0 Å². The molecule has 1 aliphatic rings. The summed E-state index contributed by atoms with van der Waals surface area (Å²) >= 11 is 1.63. The Hall–Kier alpha value is -1.43. The molecule has 4 nitrogen and oxygen atoms in total. The van der Waals surface area contributed by atoms with Gasteiger partial charge in [0.15, 0.2) is 0 Å². The van der Waals surface area contributed by atoms with Crippen LogP contribution in [-0.2, 0) is 17.8 Å². The van der Waals surface area contributed by atoms with Crippen molar-refractivity contribution in [3.05, 3.63) is 46.4 Å². The third kappa shape index (κ3) is 3.79.